The highest BCUT2D eigenvalue weighted by Crippen LogP contribution is 2.25. The minimum Gasteiger partial charge on any atom is -0.322 e. The van der Waals surface area contributed by atoms with E-state index in [2.05, 4.69) is 10.2 Å². The number of amides is 1. The molecular formula is C15H22FN3O. The highest BCUT2D eigenvalue weighted by molar-refractivity contribution is 5.84. The molecule has 2 rings (SSSR count). The molecule has 2 unspecified atom stereocenters. The van der Waals surface area contributed by atoms with Crippen molar-refractivity contribution in [2.75, 3.05) is 27.2 Å². The van der Waals surface area contributed by atoms with Crippen LogP contribution in [0.25, 0.3) is 0 Å². The number of hydrogen-bond acceptors (Lipinski definition) is 3. The SMILES string of the molecule is CC1NC(c2ccc(F)cc2)N(CCCN(C)C)C1=O. The van der Waals surface area contributed by atoms with E-state index in [0.29, 0.717) is 6.54 Å². The molecule has 1 heterocycles. The summed E-state index contributed by atoms with van der Waals surface area (Å²) in [4.78, 5) is 16.2. The molecule has 0 bridgehead atoms. The van der Waals surface area contributed by atoms with Crippen LogP contribution in [-0.2, 0) is 4.79 Å². The van der Waals surface area contributed by atoms with Gasteiger partial charge in [-0.15, -0.1) is 0 Å². The third kappa shape index (κ3) is 3.35. The Kier molecular flexibility index (Phi) is 4.73. The Hall–Kier alpha value is -1.46. The van der Waals surface area contributed by atoms with Crippen LogP contribution >= 0.6 is 0 Å². The van der Waals surface area contributed by atoms with Crippen LogP contribution in [0.1, 0.15) is 25.1 Å². The second-order valence-corrected chi connectivity index (χ2v) is 5.53. The van der Waals surface area contributed by atoms with Gasteiger partial charge in [0.1, 0.15) is 12.0 Å². The summed E-state index contributed by atoms with van der Waals surface area (Å²) in [5.74, 6) is -0.150. The first kappa shape index (κ1) is 14.9. The summed E-state index contributed by atoms with van der Waals surface area (Å²) in [5.41, 5.74) is 0.925. The highest BCUT2D eigenvalue weighted by atomic mass is 19.1. The minimum absolute atomic E-state index is 0.109. The fraction of sp³-hybridized carbons (Fsp3) is 0.533. The molecule has 20 heavy (non-hydrogen) atoms. The Morgan fingerprint density at radius 1 is 1.30 bits per heavy atom. The largest absolute Gasteiger partial charge is 0.322 e. The molecule has 0 spiro atoms. The van der Waals surface area contributed by atoms with Gasteiger partial charge in [0.25, 0.3) is 0 Å². The van der Waals surface area contributed by atoms with Gasteiger partial charge in [0.2, 0.25) is 5.91 Å². The van der Waals surface area contributed by atoms with E-state index >= 15 is 0 Å². The molecule has 1 aromatic carbocycles. The van der Waals surface area contributed by atoms with Gasteiger partial charge >= 0.3 is 0 Å². The van der Waals surface area contributed by atoms with E-state index in [-0.39, 0.29) is 23.9 Å². The molecule has 5 heteroatoms. The van der Waals surface area contributed by atoms with E-state index in [1.54, 1.807) is 12.1 Å². The first-order valence-electron chi connectivity index (χ1n) is 6.96. The molecule has 0 aromatic heterocycles. The molecular weight excluding hydrogens is 257 g/mol. The highest BCUT2D eigenvalue weighted by Gasteiger charge is 2.36. The van der Waals surface area contributed by atoms with Crippen molar-refractivity contribution in [3.05, 3.63) is 35.6 Å². The molecule has 1 N–H and O–H groups in total. The number of carbonyl (C=O) groups is 1. The Balaban J connectivity index is 2.09. The zero-order valence-corrected chi connectivity index (χ0v) is 12.3. The number of nitrogens with zero attached hydrogens (tertiary/aromatic N) is 2. The van der Waals surface area contributed by atoms with Crippen LogP contribution in [0.3, 0.4) is 0 Å². The number of rotatable bonds is 5. The van der Waals surface area contributed by atoms with Crippen molar-refractivity contribution in [1.82, 2.24) is 15.1 Å². The summed E-state index contributed by atoms with van der Waals surface area (Å²) in [6.07, 6.45) is 0.769. The van der Waals surface area contributed by atoms with Crippen LogP contribution in [-0.4, -0.2) is 48.9 Å². The molecule has 4 nitrogen and oxygen atoms in total. The van der Waals surface area contributed by atoms with Crippen molar-refractivity contribution < 1.29 is 9.18 Å². The quantitative estimate of drug-likeness (QED) is 0.889. The summed E-state index contributed by atoms with van der Waals surface area (Å²) >= 11 is 0. The van der Waals surface area contributed by atoms with Gasteiger partial charge in [-0.25, -0.2) is 4.39 Å². The van der Waals surface area contributed by atoms with E-state index in [4.69, 9.17) is 0 Å². The molecule has 0 aliphatic carbocycles. The van der Waals surface area contributed by atoms with Crippen molar-refractivity contribution in [1.29, 1.82) is 0 Å². The minimum atomic E-state index is -0.259. The van der Waals surface area contributed by atoms with Crippen LogP contribution < -0.4 is 5.32 Å². The van der Waals surface area contributed by atoms with Crippen LogP contribution in [0.2, 0.25) is 0 Å². The summed E-state index contributed by atoms with van der Waals surface area (Å²) in [6, 6.07) is 6.14. The molecule has 0 saturated carbocycles. The second kappa shape index (κ2) is 6.33. The van der Waals surface area contributed by atoms with Gasteiger partial charge in [-0.05, 0) is 51.7 Å². The number of hydrogen-bond donors (Lipinski definition) is 1. The van der Waals surface area contributed by atoms with Crippen molar-refractivity contribution >= 4 is 5.91 Å². The fourth-order valence-corrected chi connectivity index (χ4v) is 2.49. The average molecular weight is 279 g/mol. The van der Waals surface area contributed by atoms with Crippen molar-refractivity contribution in [2.24, 2.45) is 0 Å². The lowest BCUT2D eigenvalue weighted by Gasteiger charge is -2.25. The van der Waals surface area contributed by atoms with Gasteiger partial charge in [0.05, 0.1) is 6.04 Å². The predicted molar refractivity (Wildman–Crippen MR) is 76.6 cm³/mol. The van der Waals surface area contributed by atoms with Crippen molar-refractivity contribution in [3.63, 3.8) is 0 Å². The van der Waals surface area contributed by atoms with E-state index < -0.39 is 0 Å². The molecule has 1 aliphatic rings. The molecule has 0 radical (unpaired) electrons. The summed E-state index contributed by atoms with van der Waals surface area (Å²) in [7, 11) is 4.04. The molecule has 1 aliphatic heterocycles. The molecule has 1 saturated heterocycles. The third-order valence-corrected chi connectivity index (χ3v) is 3.56. The maximum Gasteiger partial charge on any atom is 0.241 e. The first-order valence-corrected chi connectivity index (χ1v) is 6.96. The lowest BCUT2D eigenvalue weighted by atomic mass is 10.1. The van der Waals surface area contributed by atoms with Gasteiger partial charge < -0.3 is 9.80 Å². The monoisotopic (exact) mass is 279 g/mol. The Bertz CT molecular complexity index is 461. The molecule has 110 valence electrons. The van der Waals surface area contributed by atoms with Gasteiger partial charge in [-0.1, -0.05) is 12.1 Å². The van der Waals surface area contributed by atoms with E-state index in [1.165, 1.54) is 12.1 Å². The standard InChI is InChI=1S/C15H22FN3O/c1-11-15(20)19(10-4-9-18(2)3)14(17-11)12-5-7-13(16)8-6-12/h5-8,11,14,17H,4,9-10H2,1-3H3. The maximum atomic E-state index is 13.0. The Morgan fingerprint density at radius 2 is 1.95 bits per heavy atom. The molecule has 2 atom stereocenters. The number of nitrogens with one attached hydrogen (secondary N) is 1. The Morgan fingerprint density at radius 3 is 2.55 bits per heavy atom. The van der Waals surface area contributed by atoms with Gasteiger partial charge in [0.15, 0.2) is 0 Å². The van der Waals surface area contributed by atoms with Crippen molar-refractivity contribution in [2.45, 2.75) is 25.6 Å². The summed E-state index contributed by atoms with van der Waals surface area (Å²) in [5, 5.41) is 3.27. The first-order chi connectivity index (χ1) is 9.49. The number of benzene rings is 1. The lowest BCUT2D eigenvalue weighted by molar-refractivity contribution is -0.129. The smallest absolute Gasteiger partial charge is 0.241 e. The van der Waals surface area contributed by atoms with Gasteiger partial charge in [0, 0.05) is 6.54 Å². The zero-order chi connectivity index (χ0) is 14.7. The topological polar surface area (TPSA) is 35.6 Å². The Labute approximate surface area is 119 Å². The number of halogens is 1. The predicted octanol–water partition coefficient (Wildman–Crippen LogP) is 1.60. The normalized spacial score (nSPS) is 22.9. The van der Waals surface area contributed by atoms with Gasteiger partial charge in [-0.2, -0.15) is 0 Å². The van der Waals surface area contributed by atoms with E-state index in [1.807, 2.05) is 25.9 Å². The lowest BCUT2D eigenvalue weighted by Crippen LogP contribution is -2.33. The van der Waals surface area contributed by atoms with Crippen LogP contribution in [0.4, 0.5) is 4.39 Å². The molecule has 1 amide bonds. The van der Waals surface area contributed by atoms with Crippen LogP contribution in [0, 0.1) is 5.82 Å². The van der Waals surface area contributed by atoms with Crippen molar-refractivity contribution in [3.8, 4) is 0 Å². The fourth-order valence-electron chi connectivity index (χ4n) is 2.49. The zero-order valence-electron chi connectivity index (χ0n) is 12.3. The summed E-state index contributed by atoms with van der Waals surface area (Å²) < 4.78 is 13.0. The van der Waals surface area contributed by atoms with Crippen LogP contribution in [0.5, 0.6) is 0 Å². The average Bonchev–Trinajstić information content (AvgIpc) is 2.67. The maximum absolute atomic E-state index is 13.0. The van der Waals surface area contributed by atoms with Crippen LogP contribution in [0.15, 0.2) is 24.3 Å². The van der Waals surface area contributed by atoms with E-state index in [0.717, 1.165) is 18.5 Å². The van der Waals surface area contributed by atoms with Gasteiger partial charge in [-0.3, -0.25) is 10.1 Å². The summed E-state index contributed by atoms with van der Waals surface area (Å²) in [6.45, 7) is 3.51. The molecule has 1 aromatic rings. The van der Waals surface area contributed by atoms with E-state index in [9.17, 15) is 9.18 Å². The molecule has 1 fully saturated rings. The third-order valence-electron chi connectivity index (χ3n) is 3.56. The number of carbonyl (C=O) groups excluding carboxylic acids is 1. The second-order valence-electron chi connectivity index (χ2n) is 5.53.